The molecule has 90 valence electrons. The fourth-order valence-electron chi connectivity index (χ4n) is 2.27. The molecule has 17 heavy (non-hydrogen) atoms. The van der Waals surface area contributed by atoms with Crippen molar-refractivity contribution < 1.29 is 9.82 Å². The summed E-state index contributed by atoms with van der Waals surface area (Å²) >= 11 is 0. The third-order valence-corrected chi connectivity index (χ3v) is 3.44. The molecule has 1 aliphatic carbocycles. The zero-order chi connectivity index (χ0) is 12.3. The SMILES string of the molecule is CB(O)NCC(=O)C1CC(c2ccccc2)C1. The first-order valence-electron chi connectivity index (χ1n) is 6.16. The third-order valence-electron chi connectivity index (χ3n) is 3.44. The minimum atomic E-state index is -0.607. The largest absolute Gasteiger partial charge is 0.437 e. The highest BCUT2D eigenvalue weighted by Gasteiger charge is 2.34. The number of hydrogen-bond donors (Lipinski definition) is 2. The van der Waals surface area contributed by atoms with Crippen LogP contribution in [0.15, 0.2) is 30.3 Å². The van der Waals surface area contributed by atoms with E-state index in [-0.39, 0.29) is 18.2 Å². The number of benzene rings is 1. The Morgan fingerprint density at radius 3 is 2.65 bits per heavy atom. The number of nitrogens with one attached hydrogen (secondary N) is 1. The van der Waals surface area contributed by atoms with Crippen molar-refractivity contribution >= 4 is 12.8 Å². The molecule has 0 aliphatic heterocycles. The van der Waals surface area contributed by atoms with Crippen LogP contribution in [0.4, 0.5) is 0 Å². The predicted octanol–water partition coefficient (Wildman–Crippen LogP) is 1.45. The number of ketones is 1. The van der Waals surface area contributed by atoms with Crippen molar-refractivity contribution in [3.63, 3.8) is 0 Å². The summed E-state index contributed by atoms with van der Waals surface area (Å²) in [5.41, 5.74) is 1.33. The zero-order valence-electron chi connectivity index (χ0n) is 10.1. The van der Waals surface area contributed by atoms with Gasteiger partial charge in [-0.2, -0.15) is 0 Å². The molecule has 1 saturated carbocycles. The van der Waals surface area contributed by atoms with E-state index < -0.39 is 7.05 Å². The highest BCUT2D eigenvalue weighted by Crippen LogP contribution is 2.41. The van der Waals surface area contributed by atoms with E-state index >= 15 is 0 Å². The Morgan fingerprint density at radius 2 is 2.06 bits per heavy atom. The molecule has 0 heterocycles. The Bertz CT molecular complexity index is 374. The summed E-state index contributed by atoms with van der Waals surface area (Å²) in [5.74, 6) is 0.932. The molecule has 0 atom stereocenters. The van der Waals surface area contributed by atoms with Crippen LogP contribution in [0.2, 0.25) is 6.82 Å². The molecule has 1 aromatic carbocycles. The Hall–Kier alpha value is -1.13. The number of rotatable bonds is 5. The molecule has 0 unspecified atom stereocenters. The molecule has 1 fully saturated rings. The Balaban J connectivity index is 1.77. The molecular weight excluding hydrogens is 213 g/mol. The van der Waals surface area contributed by atoms with Crippen LogP contribution >= 0.6 is 0 Å². The van der Waals surface area contributed by atoms with Crippen molar-refractivity contribution in [3.8, 4) is 0 Å². The minimum absolute atomic E-state index is 0.173. The highest BCUT2D eigenvalue weighted by atomic mass is 16.2. The quantitative estimate of drug-likeness (QED) is 0.754. The Morgan fingerprint density at radius 1 is 1.41 bits per heavy atom. The smallest absolute Gasteiger partial charge is 0.373 e. The van der Waals surface area contributed by atoms with E-state index in [1.165, 1.54) is 5.56 Å². The average molecular weight is 231 g/mol. The van der Waals surface area contributed by atoms with Crippen molar-refractivity contribution in [2.24, 2.45) is 5.92 Å². The summed E-state index contributed by atoms with van der Waals surface area (Å²) in [6.45, 7) is 1.91. The van der Waals surface area contributed by atoms with Gasteiger partial charge in [-0.1, -0.05) is 30.3 Å². The van der Waals surface area contributed by atoms with E-state index in [0.29, 0.717) is 5.92 Å². The van der Waals surface area contributed by atoms with Gasteiger partial charge in [-0.25, -0.2) is 0 Å². The summed E-state index contributed by atoms with van der Waals surface area (Å²) in [4.78, 5) is 11.7. The standard InChI is InChI=1S/C13H18BNO2/c1-14(17)15-9-13(16)12-7-11(8-12)10-5-3-2-4-6-10/h2-6,11-12,15,17H,7-9H2,1H3. The second kappa shape index (κ2) is 5.47. The second-order valence-electron chi connectivity index (χ2n) is 4.80. The fraction of sp³-hybridized carbons (Fsp3) is 0.462. The van der Waals surface area contributed by atoms with Crippen LogP contribution in [0.1, 0.15) is 24.3 Å². The van der Waals surface area contributed by atoms with Crippen molar-refractivity contribution in [1.82, 2.24) is 5.23 Å². The average Bonchev–Trinajstić information content (AvgIpc) is 2.26. The molecule has 1 aliphatic rings. The zero-order valence-corrected chi connectivity index (χ0v) is 10.1. The number of hydrogen-bond acceptors (Lipinski definition) is 3. The maximum absolute atomic E-state index is 11.7. The van der Waals surface area contributed by atoms with Crippen LogP contribution < -0.4 is 5.23 Å². The minimum Gasteiger partial charge on any atom is -0.437 e. The van der Waals surface area contributed by atoms with Gasteiger partial charge in [0.1, 0.15) is 5.78 Å². The van der Waals surface area contributed by atoms with Gasteiger partial charge in [0.05, 0.1) is 0 Å². The Labute approximate surface area is 102 Å². The van der Waals surface area contributed by atoms with Crippen LogP contribution in [0, 0.1) is 5.92 Å². The van der Waals surface area contributed by atoms with Gasteiger partial charge in [-0.3, -0.25) is 4.79 Å². The molecule has 0 aromatic heterocycles. The van der Waals surface area contributed by atoms with Crippen molar-refractivity contribution in [2.45, 2.75) is 25.6 Å². The number of carbonyl (C=O) groups is 1. The van der Waals surface area contributed by atoms with Crippen LogP contribution in [-0.4, -0.2) is 24.4 Å². The van der Waals surface area contributed by atoms with Gasteiger partial charge in [0, 0.05) is 12.5 Å². The maximum atomic E-state index is 11.7. The molecule has 0 bridgehead atoms. The third kappa shape index (κ3) is 3.17. The van der Waals surface area contributed by atoms with E-state index in [1.54, 1.807) is 6.82 Å². The first-order valence-corrected chi connectivity index (χ1v) is 6.16. The summed E-state index contributed by atoms with van der Waals surface area (Å²) in [6.07, 6.45) is 1.90. The van der Waals surface area contributed by atoms with Gasteiger partial charge in [0.2, 0.25) is 0 Å². The summed E-state index contributed by atoms with van der Waals surface area (Å²) in [6, 6.07) is 10.3. The van der Waals surface area contributed by atoms with Crippen LogP contribution in [0.5, 0.6) is 0 Å². The van der Waals surface area contributed by atoms with E-state index in [4.69, 9.17) is 5.02 Å². The topological polar surface area (TPSA) is 49.3 Å². The fourth-order valence-corrected chi connectivity index (χ4v) is 2.27. The molecule has 2 rings (SSSR count). The van der Waals surface area contributed by atoms with Crippen molar-refractivity contribution in [2.75, 3.05) is 6.54 Å². The molecule has 3 nitrogen and oxygen atoms in total. The molecule has 0 spiro atoms. The lowest BCUT2D eigenvalue weighted by molar-refractivity contribution is -0.124. The van der Waals surface area contributed by atoms with Crippen LogP contribution in [-0.2, 0) is 4.79 Å². The van der Waals surface area contributed by atoms with Crippen molar-refractivity contribution in [3.05, 3.63) is 35.9 Å². The van der Waals surface area contributed by atoms with Crippen LogP contribution in [0.3, 0.4) is 0 Å². The Kier molecular flexibility index (Phi) is 3.97. The monoisotopic (exact) mass is 231 g/mol. The van der Waals surface area contributed by atoms with Crippen molar-refractivity contribution in [1.29, 1.82) is 0 Å². The molecule has 0 saturated heterocycles. The first-order chi connectivity index (χ1) is 8.16. The predicted molar refractivity (Wildman–Crippen MR) is 68.8 cm³/mol. The molecule has 0 radical (unpaired) electrons. The molecule has 2 N–H and O–H groups in total. The number of Topliss-reactive ketones (excluding diaryl/α,β-unsaturated/α-hetero) is 1. The lowest BCUT2D eigenvalue weighted by Crippen LogP contribution is -2.40. The van der Waals surface area contributed by atoms with E-state index in [0.717, 1.165) is 12.8 Å². The highest BCUT2D eigenvalue weighted by molar-refractivity contribution is 6.45. The summed E-state index contributed by atoms with van der Waals surface area (Å²) in [5, 5.41) is 11.8. The summed E-state index contributed by atoms with van der Waals surface area (Å²) < 4.78 is 0. The lowest BCUT2D eigenvalue weighted by atomic mass is 9.69. The first kappa shape index (κ1) is 12.3. The van der Waals surface area contributed by atoms with Gasteiger partial charge < -0.3 is 10.3 Å². The van der Waals surface area contributed by atoms with E-state index in [9.17, 15) is 4.79 Å². The van der Waals surface area contributed by atoms with Gasteiger partial charge >= 0.3 is 7.05 Å². The van der Waals surface area contributed by atoms with Gasteiger partial charge in [-0.05, 0) is 31.1 Å². The molecule has 1 aromatic rings. The van der Waals surface area contributed by atoms with Crippen LogP contribution in [0.25, 0.3) is 0 Å². The second-order valence-corrected chi connectivity index (χ2v) is 4.80. The van der Waals surface area contributed by atoms with Gasteiger partial charge in [0.15, 0.2) is 0 Å². The maximum Gasteiger partial charge on any atom is 0.373 e. The molecular formula is C13H18BNO2. The normalized spacial score (nSPS) is 22.9. The lowest BCUT2D eigenvalue weighted by Gasteiger charge is -2.34. The van der Waals surface area contributed by atoms with Gasteiger partial charge in [0.25, 0.3) is 0 Å². The molecule has 4 heteroatoms. The summed E-state index contributed by atoms with van der Waals surface area (Å²) in [7, 11) is -0.607. The van der Waals surface area contributed by atoms with E-state index in [2.05, 4.69) is 17.4 Å². The van der Waals surface area contributed by atoms with E-state index in [1.807, 2.05) is 18.2 Å². The molecule has 0 amide bonds. The number of carbonyl (C=O) groups excluding carboxylic acids is 1. The van der Waals surface area contributed by atoms with Gasteiger partial charge in [-0.15, -0.1) is 0 Å².